The summed E-state index contributed by atoms with van der Waals surface area (Å²) in [5.41, 5.74) is 3.42. The Morgan fingerprint density at radius 2 is 1.79 bits per heavy atom. The summed E-state index contributed by atoms with van der Waals surface area (Å²) >= 11 is 0. The number of hydrogen-bond acceptors (Lipinski definition) is 3. The quantitative estimate of drug-likeness (QED) is 0.326. The minimum absolute atomic E-state index is 0. The van der Waals surface area contributed by atoms with E-state index in [1.54, 1.807) is 26.1 Å². The molecule has 2 rings (SSSR count). The first-order valence-electron chi connectivity index (χ1n) is 9.39. The van der Waals surface area contributed by atoms with E-state index in [-0.39, 0.29) is 36.4 Å². The van der Waals surface area contributed by atoms with Crippen molar-refractivity contribution in [3.63, 3.8) is 0 Å². The molecule has 2 N–H and O–H groups in total. The van der Waals surface area contributed by atoms with Crippen LogP contribution in [0.2, 0.25) is 0 Å². The van der Waals surface area contributed by atoms with Crippen LogP contribution >= 0.6 is 24.0 Å². The molecule has 0 radical (unpaired) electrons. The van der Waals surface area contributed by atoms with Gasteiger partial charge in [0, 0.05) is 20.6 Å². The van der Waals surface area contributed by atoms with Crippen LogP contribution in [-0.2, 0) is 17.8 Å². The summed E-state index contributed by atoms with van der Waals surface area (Å²) in [4.78, 5) is 18.0. The van der Waals surface area contributed by atoms with Gasteiger partial charge in [-0.15, -0.1) is 24.0 Å². The van der Waals surface area contributed by atoms with Gasteiger partial charge in [0.15, 0.2) is 5.96 Å². The van der Waals surface area contributed by atoms with E-state index in [2.05, 4.69) is 33.8 Å². The first kappa shape index (κ1) is 24.7. The SMILES string of the molecule is COc1cc(CCNC(=NCc2ccccc2)NCC(=O)N(C)C)ccc1C.I. The minimum atomic E-state index is -0.00233. The number of nitrogens with one attached hydrogen (secondary N) is 2. The lowest BCUT2D eigenvalue weighted by Gasteiger charge is -2.15. The van der Waals surface area contributed by atoms with Crippen molar-refractivity contribution >= 4 is 35.8 Å². The van der Waals surface area contributed by atoms with E-state index in [0.29, 0.717) is 19.0 Å². The van der Waals surface area contributed by atoms with Gasteiger partial charge in [-0.25, -0.2) is 4.99 Å². The van der Waals surface area contributed by atoms with Gasteiger partial charge < -0.3 is 20.3 Å². The number of amides is 1. The van der Waals surface area contributed by atoms with Crippen LogP contribution in [0.15, 0.2) is 53.5 Å². The molecule has 0 spiro atoms. The molecular weight excluding hydrogens is 479 g/mol. The average Bonchev–Trinajstić information content (AvgIpc) is 2.71. The molecule has 0 aliphatic rings. The molecule has 1 amide bonds. The Labute approximate surface area is 190 Å². The van der Waals surface area contributed by atoms with E-state index in [1.165, 1.54) is 5.56 Å². The third kappa shape index (κ3) is 8.72. The molecule has 0 heterocycles. The number of ether oxygens (including phenoxy) is 1. The van der Waals surface area contributed by atoms with E-state index in [1.807, 2.05) is 37.3 Å². The molecule has 2 aromatic rings. The fourth-order valence-corrected chi connectivity index (χ4v) is 2.59. The summed E-state index contributed by atoms with van der Waals surface area (Å²) in [6, 6.07) is 16.2. The number of likely N-dealkylation sites (N-methyl/N-ethyl adjacent to an activating group) is 1. The standard InChI is InChI=1S/C22H30N4O2.HI/c1-17-10-11-18(14-20(17)28-4)12-13-23-22(25-16-21(27)26(2)3)24-15-19-8-6-5-7-9-19;/h5-11,14H,12-13,15-16H2,1-4H3,(H2,23,24,25);1H. The Balaban J connectivity index is 0.00000420. The van der Waals surface area contributed by atoms with Gasteiger partial charge >= 0.3 is 0 Å². The number of guanidine groups is 1. The third-order valence-corrected chi connectivity index (χ3v) is 4.35. The Morgan fingerprint density at radius 1 is 1.07 bits per heavy atom. The van der Waals surface area contributed by atoms with Crippen LogP contribution in [-0.4, -0.2) is 51.1 Å². The predicted molar refractivity (Wildman–Crippen MR) is 129 cm³/mol. The van der Waals surface area contributed by atoms with Crippen molar-refractivity contribution in [1.29, 1.82) is 0 Å². The number of halogens is 1. The Kier molecular flexibility index (Phi) is 11.1. The molecule has 6 nitrogen and oxygen atoms in total. The van der Waals surface area contributed by atoms with Crippen molar-refractivity contribution in [2.75, 3.05) is 34.3 Å². The van der Waals surface area contributed by atoms with Gasteiger partial charge in [-0.3, -0.25) is 4.79 Å². The van der Waals surface area contributed by atoms with Gasteiger partial charge in [0.1, 0.15) is 5.75 Å². The third-order valence-electron chi connectivity index (χ3n) is 4.35. The van der Waals surface area contributed by atoms with Crippen LogP contribution < -0.4 is 15.4 Å². The summed E-state index contributed by atoms with van der Waals surface area (Å²) < 4.78 is 5.39. The zero-order valence-corrected chi connectivity index (χ0v) is 19.9. The summed E-state index contributed by atoms with van der Waals surface area (Å²) in [5, 5.41) is 6.42. The highest BCUT2D eigenvalue weighted by Gasteiger charge is 2.06. The number of methoxy groups -OCH3 is 1. The molecule has 0 fully saturated rings. The van der Waals surface area contributed by atoms with Crippen LogP contribution in [0.1, 0.15) is 16.7 Å². The second-order valence-electron chi connectivity index (χ2n) is 6.77. The highest BCUT2D eigenvalue weighted by atomic mass is 127. The maximum atomic E-state index is 11.9. The highest BCUT2D eigenvalue weighted by molar-refractivity contribution is 14.0. The first-order chi connectivity index (χ1) is 13.5. The Bertz CT molecular complexity index is 795. The number of carbonyl (C=O) groups excluding carboxylic acids is 1. The second-order valence-corrected chi connectivity index (χ2v) is 6.77. The molecule has 0 atom stereocenters. The molecular formula is C22H31IN4O2. The highest BCUT2D eigenvalue weighted by Crippen LogP contribution is 2.18. The van der Waals surface area contributed by atoms with Gasteiger partial charge in [-0.1, -0.05) is 42.5 Å². The lowest BCUT2D eigenvalue weighted by atomic mass is 10.1. The van der Waals surface area contributed by atoms with Gasteiger partial charge in [-0.05, 0) is 36.1 Å². The van der Waals surface area contributed by atoms with Crippen molar-refractivity contribution in [2.24, 2.45) is 4.99 Å². The van der Waals surface area contributed by atoms with Crippen LogP contribution in [0.5, 0.6) is 5.75 Å². The number of aryl methyl sites for hydroxylation is 1. The minimum Gasteiger partial charge on any atom is -0.496 e. The molecule has 2 aromatic carbocycles. The first-order valence-corrected chi connectivity index (χ1v) is 9.39. The van der Waals surface area contributed by atoms with E-state index in [9.17, 15) is 4.79 Å². The lowest BCUT2D eigenvalue weighted by molar-refractivity contribution is -0.127. The summed E-state index contributed by atoms with van der Waals surface area (Å²) in [5.74, 6) is 1.51. The Morgan fingerprint density at radius 3 is 2.45 bits per heavy atom. The number of carbonyl (C=O) groups is 1. The molecule has 0 bridgehead atoms. The van der Waals surface area contributed by atoms with Crippen LogP contribution in [0.25, 0.3) is 0 Å². The summed E-state index contributed by atoms with van der Waals surface area (Å²) in [7, 11) is 5.16. The number of rotatable bonds is 8. The second kappa shape index (κ2) is 13.0. The van der Waals surface area contributed by atoms with Crippen molar-refractivity contribution in [2.45, 2.75) is 19.9 Å². The molecule has 0 aliphatic carbocycles. The molecule has 0 aliphatic heterocycles. The molecule has 29 heavy (non-hydrogen) atoms. The number of hydrogen-bond donors (Lipinski definition) is 2. The van der Waals surface area contributed by atoms with E-state index < -0.39 is 0 Å². The van der Waals surface area contributed by atoms with Gasteiger partial charge in [-0.2, -0.15) is 0 Å². The van der Waals surface area contributed by atoms with Crippen molar-refractivity contribution < 1.29 is 9.53 Å². The molecule has 0 unspecified atom stereocenters. The summed E-state index contributed by atoms with van der Waals surface area (Å²) in [6.07, 6.45) is 0.824. The zero-order valence-electron chi connectivity index (χ0n) is 17.6. The fourth-order valence-electron chi connectivity index (χ4n) is 2.59. The van der Waals surface area contributed by atoms with E-state index in [0.717, 1.165) is 23.3 Å². The molecule has 0 aromatic heterocycles. The van der Waals surface area contributed by atoms with E-state index in [4.69, 9.17) is 4.74 Å². The molecule has 0 saturated carbocycles. The van der Waals surface area contributed by atoms with Gasteiger partial charge in [0.25, 0.3) is 0 Å². The van der Waals surface area contributed by atoms with Crippen LogP contribution in [0, 0.1) is 6.92 Å². The smallest absolute Gasteiger partial charge is 0.241 e. The normalized spacial score (nSPS) is 10.7. The van der Waals surface area contributed by atoms with Crippen molar-refractivity contribution in [1.82, 2.24) is 15.5 Å². The van der Waals surface area contributed by atoms with Crippen molar-refractivity contribution in [3.8, 4) is 5.75 Å². The maximum absolute atomic E-state index is 11.9. The zero-order chi connectivity index (χ0) is 20.4. The topological polar surface area (TPSA) is 66.0 Å². The lowest BCUT2D eigenvalue weighted by Crippen LogP contribution is -2.43. The van der Waals surface area contributed by atoms with Crippen LogP contribution in [0.3, 0.4) is 0 Å². The maximum Gasteiger partial charge on any atom is 0.241 e. The van der Waals surface area contributed by atoms with E-state index >= 15 is 0 Å². The Hall–Kier alpha value is -2.29. The number of nitrogens with zero attached hydrogens (tertiary/aromatic N) is 2. The van der Waals surface area contributed by atoms with Crippen LogP contribution in [0.4, 0.5) is 0 Å². The number of aliphatic imine (C=N–C) groups is 1. The molecule has 0 saturated heterocycles. The molecule has 158 valence electrons. The van der Waals surface area contributed by atoms with Gasteiger partial charge in [0.2, 0.25) is 5.91 Å². The largest absolute Gasteiger partial charge is 0.496 e. The average molecular weight is 510 g/mol. The van der Waals surface area contributed by atoms with Gasteiger partial charge in [0.05, 0.1) is 20.2 Å². The monoisotopic (exact) mass is 510 g/mol. The predicted octanol–water partition coefficient (Wildman–Crippen LogP) is 2.99. The molecule has 7 heteroatoms. The number of benzene rings is 2. The fraction of sp³-hybridized carbons (Fsp3) is 0.364. The summed E-state index contributed by atoms with van der Waals surface area (Å²) in [6.45, 7) is 3.47. The van der Waals surface area contributed by atoms with Crippen molar-refractivity contribution in [3.05, 3.63) is 65.2 Å².